The second kappa shape index (κ2) is 41.2. The predicted molar refractivity (Wildman–Crippen MR) is 590 cm³/mol. The Bertz CT molecular complexity index is 7500. The molecule has 0 spiro atoms. The lowest BCUT2D eigenvalue weighted by molar-refractivity contribution is 0.301. The van der Waals surface area contributed by atoms with Gasteiger partial charge in [0.15, 0.2) is 0 Å². The van der Waals surface area contributed by atoms with Gasteiger partial charge >= 0.3 is 0 Å². The van der Waals surface area contributed by atoms with E-state index in [2.05, 4.69) is 292 Å². The van der Waals surface area contributed by atoms with Gasteiger partial charge in [-0.15, -0.1) is 0 Å². The van der Waals surface area contributed by atoms with Crippen LogP contribution in [0.4, 0.5) is 34.1 Å². The first-order valence-electron chi connectivity index (χ1n) is 55.5. The van der Waals surface area contributed by atoms with E-state index in [9.17, 15) is 0 Å². The molecule has 3 aliphatic carbocycles. The summed E-state index contributed by atoms with van der Waals surface area (Å²) in [6.07, 6.45) is 24.8. The molecular formula is C135H124N2O2. The fraction of sp³-hybridized carbons (Fsp3) is 0.200. The predicted octanol–water partition coefficient (Wildman–Crippen LogP) is 37.8. The van der Waals surface area contributed by atoms with E-state index in [4.69, 9.17) is 23.2 Å². The van der Waals surface area contributed by atoms with Gasteiger partial charge in [0.1, 0.15) is 11.5 Å². The van der Waals surface area contributed by atoms with Crippen LogP contribution in [-0.4, -0.2) is 13.2 Å². The van der Waals surface area contributed by atoms with Crippen LogP contribution in [-0.2, 0) is 16.2 Å². The minimum absolute atomic E-state index is 0.152. The van der Waals surface area contributed by atoms with Crippen LogP contribution in [0.15, 0.2) is 425 Å². The van der Waals surface area contributed by atoms with Gasteiger partial charge in [-0.3, -0.25) is 0 Å². The van der Waals surface area contributed by atoms with Crippen LogP contribution in [0, 0.1) is 0 Å². The number of rotatable bonds is 40. The van der Waals surface area contributed by atoms with Crippen LogP contribution in [0.25, 0.3) is 112 Å². The van der Waals surface area contributed by atoms with E-state index in [0.717, 1.165) is 156 Å². The summed E-state index contributed by atoms with van der Waals surface area (Å²) in [5.74, 6) is 1.66. The topological polar surface area (TPSA) is 24.9 Å². The van der Waals surface area contributed by atoms with Crippen molar-refractivity contribution >= 4 is 67.8 Å². The summed E-state index contributed by atoms with van der Waals surface area (Å²) >= 11 is 0. The van der Waals surface area contributed by atoms with Crippen molar-refractivity contribution in [2.75, 3.05) is 23.0 Å². The Kier molecular flexibility index (Phi) is 23.5. The Labute approximate surface area is 837 Å². The molecule has 139 heavy (non-hydrogen) atoms. The Balaban J connectivity index is 0.664. The minimum Gasteiger partial charge on any atom is -0.494 e. The first-order chi connectivity index (χ1) is 72.9. The van der Waals surface area contributed by atoms with E-state index >= 15 is 0 Å². The Morgan fingerprint density at radius 3 is 0.957 bits per heavy atom. The second-order valence-electron chi connectivity index (χ2n) is 38.1. The molecule has 0 saturated carbocycles. The lowest BCUT2D eigenvalue weighted by atomic mass is 9.68. The zero-order valence-corrected chi connectivity index (χ0v) is 79.8. The summed E-state index contributed by atoms with van der Waals surface area (Å²) in [4.78, 5) is 4.64. The van der Waals surface area contributed by atoms with Crippen LogP contribution in [0.5, 0.6) is 11.5 Å². The number of fused-ring (bicyclic) bond motifs is 11. The van der Waals surface area contributed by atoms with Crippen LogP contribution in [0.3, 0.4) is 0 Å². The van der Waals surface area contributed by atoms with Crippen molar-refractivity contribution in [1.82, 2.24) is 0 Å². The molecule has 0 aliphatic heterocycles. The van der Waals surface area contributed by atoms with Crippen molar-refractivity contribution in [2.24, 2.45) is 0 Å². The molecule has 0 N–H and O–H groups in total. The SMILES string of the molecule is [2H]c1c([2H])c([2H])c(-c2ccc(N(c3ccc(-c4ccc5c(c4)C(CCCCCCCC)(CCCCCCCC)c4cc(-c6ccc(N(c7ccc(-c8c([2H])c([2H])c([2H])c([2H])c8[2H])cc7)c7ccc8c(c7)C(CCCCOc7ccc(C=C)cc7)(c7cccc9ccccc79)c7ccccc7-8)cc6)ccc4-5)cc3)c3ccc4c(c3)C(CCCCOc3ccc(C=C)cc3)(c3cccc5ccccc35)c3ccccc3-4)cc2)c([2H])c1[2H]. The molecule has 0 aromatic heterocycles. The van der Waals surface area contributed by atoms with Crippen molar-refractivity contribution in [3.8, 4) is 89.4 Å². The molecule has 3 aliphatic rings. The molecule has 21 rings (SSSR count). The molecule has 4 nitrogen and oxygen atoms in total. The summed E-state index contributed by atoms with van der Waals surface area (Å²) < 4.78 is 101. The molecule has 4 heteroatoms. The van der Waals surface area contributed by atoms with E-state index in [-0.39, 0.29) is 64.9 Å². The minimum atomic E-state index is -0.600. The molecular weight excluding hydrogens is 1680 g/mol. The molecule has 2 unspecified atom stereocenters. The van der Waals surface area contributed by atoms with Crippen LogP contribution in [0.2, 0.25) is 0 Å². The quantitative estimate of drug-likeness (QED) is 0.0357. The third kappa shape index (κ3) is 18.0. The average molecular weight is 1820 g/mol. The molecule has 0 amide bonds. The van der Waals surface area contributed by atoms with Crippen molar-refractivity contribution < 1.29 is 23.2 Å². The summed E-state index contributed by atoms with van der Waals surface area (Å²) in [5, 5.41) is 4.75. The van der Waals surface area contributed by atoms with Gasteiger partial charge < -0.3 is 19.3 Å². The molecule has 18 aromatic carbocycles. The highest BCUT2D eigenvalue weighted by Crippen LogP contribution is 2.62. The standard InChI is InChI=1S/C135H124N2O2/c1-5-9-11-13-15-31-87-133(88-32-16-14-12-10-6-2)129-93-107(103-63-73-111(74-64-103)136(109-69-59-101(60-70-109)99-39-19-17-20-40-99)113-77-85-123-119-49-27-29-51-127(119)134(131(123)95-113,125-53-37-45-105-43-23-25-47-117(105)125)89-33-35-91-138-115-79-55-97(7-3)56-80-115)67-83-121(129)122-84-68-108(94-130(122)133)104-65-75-112(76-66-104)137(110-71-61-102(62-72-110)100-41-21-18-22-42-100)114-78-86-124-120-50-28-30-52-128(120)135(132(124)96-114,126-54-38-46-106-44-24-26-48-118(106)126)90-34-36-92-139-116-81-57-98(8-4)58-82-116/h7-8,17-30,37-86,93-96H,3-6,9-16,31-36,87-92H2,1-2H3/i17D,18D,19D,20D,21D,22D,39D,40D,41D,42D. The summed E-state index contributed by atoms with van der Waals surface area (Å²) in [5.41, 5.74) is 29.3. The first kappa shape index (κ1) is 79.2. The molecule has 0 saturated heterocycles. The van der Waals surface area contributed by atoms with Gasteiger partial charge in [0, 0.05) is 50.4 Å². The molecule has 686 valence electrons. The van der Waals surface area contributed by atoms with Crippen LogP contribution in [0.1, 0.15) is 212 Å². The Morgan fingerprint density at radius 1 is 0.252 bits per heavy atom. The summed E-state index contributed by atoms with van der Waals surface area (Å²) in [6, 6.07) is 124. The zero-order valence-electron chi connectivity index (χ0n) is 89.8. The Hall–Kier alpha value is -14.8. The fourth-order valence-electron chi connectivity index (χ4n) is 23.1. The van der Waals surface area contributed by atoms with Gasteiger partial charge in [0.05, 0.1) is 26.9 Å². The van der Waals surface area contributed by atoms with Gasteiger partial charge in [-0.2, -0.15) is 0 Å². The Morgan fingerprint density at radius 2 is 0.561 bits per heavy atom. The second-order valence-corrected chi connectivity index (χ2v) is 38.1. The molecule has 2 atom stereocenters. The van der Waals surface area contributed by atoms with Crippen molar-refractivity contribution in [3.05, 3.63) is 481 Å². The maximum absolute atomic E-state index is 9.11. The lowest BCUT2D eigenvalue weighted by Gasteiger charge is -2.35. The van der Waals surface area contributed by atoms with Crippen LogP contribution < -0.4 is 19.3 Å². The average Bonchev–Trinajstić information content (AvgIpc) is 1.55. The van der Waals surface area contributed by atoms with Gasteiger partial charge in [0.25, 0.3) is 0 Å². The maximum atomic E-state index is 9.11. The zero-order chi connectivity index (χ0) is 103. The monoisotopic (exact) mass is 1820 g/mol. The third-order valence-corrected chi connectivity index (χ3v) is 30.0. The summed E-state index contributed by atoms with van der Waals surface area (Å²) in [6.45, 7) is 13.6. The van der Waals surface area contributed by atoms with Gasteiger partial charge in [-0.1, -0.05) is 419 Å². The van der Waals surface area contributed by atoms with Crippen molar-refractivity contribution in [3.63, 3.8) is 0 Å². The van der Waals surface area contributed by atoms with E-state index in [1.807, 2.05) is 109 Å². The van der Waals surface area contributed by atoms with E-state index < -0.39 is 22.9 Å². The van der Waals surface area contributed by atoms with Gasteiger partial charge in [-0.05, 0) is 316 Å². The molecule has 0 heterocycles. The van der Waals surface area contributed by atoms with Crippen LogP contribution >= 0.6 is 0 Å². The fourth-order valence-corrected chi connectivity index (χ4v) is 23.1. The van der Waals surface area contributed by atoms with Crippen molar-refractivity contribution in [2.45, 2.75) is 159 Å². The largest absolute Gasteiger partial charge is 0.494 e. The first-order valence-corrected chi connectivity index (χ1v) is 50.5. The highest BCUT2D eigenvalue weighted by Gasteiger charge is 2.48. The molecule has 18 aromatic rings. The smallest absolute Gasteiger partial charge is 0.119 e. The van der Waals surface area contributed by atoms with Crippen molar-refractivity contribution in [1.29, 1.82) is 0 Å². The number of unbranched alkanes of at least 4 members (excludes halogenated alkanes) is 12. The molecule has 0 bridgehead atoms. The van der Waals surface area contributed by atoms with Gasteiger partial charge in [0.2, 0.25) is 0 Å². The van der Waals surface area contributed by atoms with E-state index in [0.29, 0.717) is 24.3 Å². The maximum Gasteiger partial charge on any atom is 0.119 e. The number of ether oxygens (including phenoxy) is 2. The highest BCUT2D eigenvalue weighted by atomic mass is 16.5. The number of benzene rings is 18. The third-order valence-electron chi connectivity index (χ3n) is 30.0. The summed E-state index contributed by atoms with van der Waals surface area (Å²) in [7, 11) is 0. The molecule has 0 fully saturated rings. The van der Waals surface area contributed by atoms with Gasteiger partial charge in [-0.25, -0.2) is 0 Å². The highest BCUT2D eigenvalue weighted by molar-refractivity contribution is 5.97. The number of hydrogen-bond donors (Lipinski definition) is 0. The normalized spacial score (nSPS) is 15.5. The van der Waals surface area contributed by atoms with E-state index in [1.165, 1.54) is 151 Å². The number of hydrogen-bond acceptors (Lipinski definition) is 4. The lowest BCUT2D eigenvalue weighted by Crippen LogP contribution is -2.28. The van der Waals surface area contributed by atoms with E-state index in [1.54, 1.807) is 0 Å². The molecule has 0 radical (unpaired) electrons. The number of nitrogens with zero attached hydrogens (tertiary/aromatic N) is 2. The number of anilines is 6.